The van der Waals surface area contributed by atoms with E-state index >= 15 is 0 Å². The zero-order valence-electron chi connectivity index (χ0n) is 16.9. The van der Waals surface area contributed by atoms with Gasteiger partial charge in [-0.25, -0.2) is 4.98 Å². The van der Waals surface area contributed by atoms with Gasteiger partial charge in [0.15, 0.2) is 5.82 Å². The number of carbonyl (C=O) groups excluding carboxylic acids is 1. The number of hydrogen-bond donors (Lipinski definition) is 2. The van der Waals surface area contributed by atoms with Crippen LogP contribution in [0.25, 0.3) is 17.2 Å². The number of pyridine rings is 1. The SMILES string of the molecule is Cc1cc(NCCC(=O)Nc2cccc(C(F)(F)F)c2)n2nc(-c3cccnc3)nc2n1. The van der Waals surface area contributed by atoms with E-state index in [1.807, 2.05) is 13.0 Å². The highest BCUT2D eigenvalue weighted by atomic mass is 19.4. The average molecular weight is 441 g/mol. The zero-order chi connectivity index (χ0) is 22.7. The highest BCUT2D eigenvalue weighted by Crippen LogP contribution is 2.30. The fraction of sp³-hybridized carbons (Fsp3) is 0.190. The predicted octanol–water partition coefficient (Wildman–Crippen LogP) is 3.95. The zero-order valence-corrected chi connectivity index (χ0v) is 16.9. The summed E-state index contributed by atoms with van der Waals surface area (Å²) < 4.78 is 40.0. The Balaban J connectivity index is 1.43. The molecule has 3 heterocycles. The molecule has 0 aliphatic carbocycles. The molecule has 1 aromatic carbocycles. The minimum atomic E-state index is -4.47. The third kappa shape index (κ3) is 4.82. The van der Waals surface area contributed by atoms with Gasteiger partial charge in [0.25, 0.3) is 5.78 Å². The smallest absolute Gasteiger partial charge is 0.369 e. The number of aryl methyl sites for hydroxylation is 1. The molecule has 0 bridgehead atoms. The van der Waals surface area contributed by atoms with Crippen LogP contribution in [-0.4, -0.2) is 37.0 Å². The van der Waals surface area contributed by atoms with Gasteiger partial charge in [0.2, 0.25) is 5.91 Å². The predicted molar refractivity (Wildman–Crippen MR) is 112 cm³/mol. The number of nitrogens with one attached hydrogen (secondary N) is 2. The fourth-order valence-corrected chi connectivity index (χ4v) is 3.03. The topological polar surface area (TPSA) is 97.1 Å². The van der Waals surface area contributed by atoms with Crippen LogP contribution in [-0.2, 0) is 11.0 Å². The van der Waals surface area contributed by atoms with E-state index in [1.165, 1.54) is 16.6 Å². The summed E-state index contributed by atoms with van der Waals surface area (Å²) in [5.41, 5.74) is 0.712. The highest BCUT2D eigenvalue weighted by molar-refractivity contribution is 5.91. The molecule has 0 fully saturated rings. The van der Waals surface area contributed by atoms with Gasteiger partial charge in [-0.15, -0.1) is 5.10 Å². The van der Waals surface area contributed by atoms with Gasteiger partial charge >= 0.3 is 6.18 Å². The van der Waals surface area contributed by atoms with Crippen LogP contribution in [0.5, 0.6) is 0 Å². The molecule has 0 aliphatic rings. The number of anilines is 2. The van der Waals surface area contributed by atoms with E-state index in [2.05, 4.69) is 30.7 Å². The lowest BCUT2D eigenvalue weighted by molar-refractivity contribution is -0.137. The third-order valence-corrected chi connectivity index (χ3v) is 4.49. The first-order chi connectivity index (χ1) is 15.3. The summed E-state index contributed by atoms with van der Waals surface area (Å²) in [4.78, 5) is 25.0. The molecule has 3 aromatic heterocycles. The van der Waals surface area contributed by atoms with Crippen molar-refractivity contribution < 1.29 is 18.0 Å². The Morgan fingerprint density at radius 1 is 1.12 bits per heavy atom. The maximum atomic E-state index is 12.8. The Morgan fingerprint density at radius 3 is 2.72 bits per heavy atom. The van der Waals surface area contributed by atoms with Gasteiger partial charge in [0.1, 0.15) is 5.82 Å². The monoisotopic (exact) mass is 441 g/mol. The molecular weight excluding hydrogens is 423 g/mol. The first-order valence-electron chi connectivity index (χ1n) is 9.65. The molecule has 2 N–H and O–H groups in total. The maximum Gasteiger partial charge on any atom is 0.416 e. The Morgan fingerprint density at radius 2 is 1.97 bits per heavy atom. The largest absolute Gasteiger partial charge is 0.416 e. The molecule has 11 heteroatoms. The maximum absolute atomic E-state index is 12.8. The standard InChI is InChI=1S/C21H18F3N7O/c1-13-10-17(31-20(27-13)29-19(30-31)14-4-3-8-25-12-14)26-9-7-18(32)28-16-6-2-5-15(11-16)21(22,23)24/h2-6,8,10-12,26H,7,9H2,1H3,(H,28,32). The van der Waals surface area contributed by atoms with E-state index < -0.39 is 17.6 Å². The van der Waals surface area contributed by atoms with E-state index in [4.69, 9.17) is 0 Å². The molecule has 0 saturated heterocycles. The van der Waals surface area contributed by atoms with Crippen LogP contribution in [0.2, 0.25) is 0 Å². The first-order valence-corrected chi connectivity index (χ1v) is 9.65. The quantitative estimate of drug-likeness (QED) is 0.470. The molecule has 32 heavy (non-hydrogen) atoms. The lowest BCUT2D eigenvalue weighted by Gasteiger charge is -2.11. The number of hydrogen-bond acceptors (Lipinski definition) is 6. The second-order valence-electron chi connectivity index (χ2n) is 6.98. The summed E-state index contributed by atoms with van der Waals surface area (Å²) in [6, 6.07) is 9.88. The second-order valence-corrected chi connectivity index (χ2v) is 6.98. The summed E-state index contributed by atoms with van der Waals surface area (Å²) in [5, 5.41) is 10.0. The van der Waals surface area contributed by atoms with Crippen molar-refractivity contribution >= 4 is 23.2 Å². The third-order valence-electron chi connectivity index (χ3n) is 4.49. The van der Waals surface area contributed by atoms with Gasteiger partial charge in [-0.3, -0.25) is 9.78 Å². The fourth-order valence-electron chi connectivity index (χ4n) is 3.03. The molecule has 0 unspecified atom stereocenters. The van der Waals surface area contributed by atoms with Crippen LogP contribution in [0, 0.1) is 6.92 Å². The Labute approximate surface area is 180 Å². The molecule has 1 amide bonds. The van der Waals surface area contributed by atoms with Crippen LogP contribution in [0.3, 0.4) is 0 Å². The van der Waals surface area contributed by atoms with Crippen LogP contribution in [0.1, 0.15) is 17.7 Å². The molecule has 4 aromatic rings. The van der Waals surface area contributed by atoms with Crippen molar-refractivity contribution in [2.24, 2.45) is 0 Å². The van der Waals surface area contributed by atoms with Crippen molar-refractivity contribution in [1.82, 2.24) is 24.6 Å². The highest BCUT2D eigenvalue weighted by Gasteiger charge is 2.30. The van der Waals surface area contributed by atoms with E-state index in [0.29, 0.717) is 23.1 Å². The summed E-state index contributed by atoms with van der Waals surface area (Å²) in [7, 11) is 0. The number of rotatable bonds is 6. The van der Waals surface area contributed by atoms with Crippen LogP contribution < -0.4 is 10.6 Å². The molecular formula is C21H18F3N7O. The molecule has 164 valence electrons. The summed E-state index contributed by atoms with van der Waals surface area (Å²) >= 11 is 0. The Hall–Kier alpha value is -4.02. The van der Waals surface area contributed by atoms with Gasteiger partial charge < -0.3 is 10.6 Å². The number of halogens is 3. The number of carbonyl (C=O) groups is 1. The van der Waals surface area contributed by atoms with Gasteiger partial charge in [-0.05, 0) is 37.3 Å². The van der Waals surface area contributed by atoms with Crippen molar-refractivity contribution in [1.29, 1.82) is 0 Å². The van der Waals surface area contributed by atoms with Gasteiger partial charge in [-0.2, -0.15) is 22.7 Å². The number of alkyl halides is 3. The number of fused-ring (bicyclic) bond motifs is 1. The van der Waals surface area contributed by atoms with Crippen molar-refractivity contribution in [2.45, 2.75) is 19.5 Å². The summed E-state index contributed by atoms with van der Waals surface area (Å²) in [6.45, 7) is 2.04. The van der Waals surface area contributed by atoms with E-state index in [1.54, 1.807) is 24.5 Å². The lowest BCUT2D eigenvalue weighted by Crippen LogP contribution is -2.18. The van der Waals surface area contributed by atoms with Crippen LogP contribution >= 0.6 is 0 Å². The van der Waals surface area contributed by atoms with E-state index in [0.717, 1.165) is 17.7 Å². The van der Waals surface area contributed by atoms with Crippen molar-refractivity contribution in [3.63, 3.8) is 0 Å². The van der Waals surface area contributed by atoms with Crippen molar-refractivity contribution in [3.05, 3.63) is 66.1 Å². The average Bonchev–Trinajstić information content (AvgIpc) is 3.18. The minimum absolute atomic E-state index is 0.0310. The number of benzene rings is 1. The summed E-state index contributed by atoms with van der Waals surface area (Å²) in [6.07, 6.45) is -1.14. The minimum Gasteiger partial charge on any atom is -0.369 e. The molecule has 0 saturated carbocycles. The molecule has 0 aliphatic heterocycles. The van der Waals surface area contributed by atoms with E-state index in [-0.39, 0.29) is 18.7 Å². The first kappa shape index (κ1) is 21.2. The number of amides is 1. The molecule has 4 rings (SSSR count). The van der Waals surface area contributed by atoms with Gasteiger partial charge in [0.05, 0.1) is 5.56 Å². The molecule has 8 nitrogen and oxygen atoms in total. The Kier molecular flexibility index (Phi) is 5.71. The normalized spacial score (nSPS) is 11.5. The van der Waals surface area contributed by atoms with Crippen molar-refractivity contribution in [3.8, 4) is 11.4 Å². The summed E-state index contributed by atoms with van der Waals surface area (Å²) in [5.74, 6) is 1.01. The van der Waals surface area contributed by atoms with Crippen LogP contribution in [0.15, 0.2) is 54.9 Å². The lowest BCUT2D eigenvalue weighted by atomic mass is 10.2. The molecule has 0 spiro atoms. The Bertz CT molecular complexity index is 1260. The second kappa shape index (κ2) is 8.61. The molecule has 0 atom stereocenters. The van der Waals surface area contributed by atoms with Crippen molar-refractivity contribution in [2.75, 3.05) is 17.2 Å². The number of aromatic nitrogens is 5. The van der Waals surface area contributed by atoms with Gasteiger partial charge in [0, 0.05) is 48.4 Å². The van der Waals surface area contributed by atoms with Crippen LogP contribution in [0.4, 0.5) is 24.7 Å². The number of nitrogens with zero attached hydrogens (tertiary/aromatic N) is 5. The van der Waals surface area contributed by atoms with Gasteiger partial charge in [-0.1, -0.05) is 6.07 Å². The van der Waals surface area contributed by atoms with E-state index in [9.17, 15) is 18.0 Å². The molecule has 0 radical (unpaired) electrons.